The molecule has 0 aliphatic heterocycles. The lowest BCUT2D eigenvalue weighted by Crippen LogP contribution is -2.10. The molecule has 0 aliphatic carbocycles. The Kier molecular flexibility index (Phi) is 6.63. The van der Waals surface area contributed by atoms with Crippen LogP contribution in [0.15, 0.2) is 48.5 Å². The van der Waals surface area contributed by atoms with Gasteiger partial charge in [-0.2, -0.15) is 0 Å². The molecule has 0 heterocycles. The molecule has 4 nitrogen and oxygen atoms in total. The highest BCUT2D eigenvalue weighted by Gasteiger charge is 2.10. The first-order valence-electron chi connectivity index (χ1n) is 8.39. The summed E-state index contributed by atoms with van der Waals surface area (Å²) in [5.74, 6) is 1.45. The molecule has 2 aromatic carbocycles. The molecule has 0 spiro atoms. The summed E-state index contributed by atoms with van der Waals surface area (Å²) in [6.07, 6.45) is 4.25. The van der Waals surface area contributed by atoms with Crippen molar-refractivity contribution in [3.05, 3.63) is 59.7 Å². The van der Waals surface area contributed by atoms with Crippen LogP contribution >= 0.6 is 0 Å². The maximum atomic E-state index is 12.3. The Morgan fingerprint density at radius 2 is 1.88 bits per heavy atom. The zero-order valence-electron chi connectivity index (χ0n) is 15.2. The zero-order valence-corrected chi connectivity index (χ0v) is 15.2. The highest BCUT2D eigenvalue weighted by Crippen LogP contribution is 2.31. The SMILES string of the molecule is CC[C@H](C)c1ccccc1NC(=O)/C=C/c1cccc(OC)c1OC. The molecule has 0 aliphatic rings. The number of carbonyl (C=O) groups is 1. The van der Waals surface area contributed by atoms with E-state index in [1.165, 1.54) is 6.08 Å². The van der Waals surface area contributed by atoms with Crippen molar-refractivity contribution in [3.8, 4) is 11.5 Å². The number of para-hydroxylation sites is 2. The van der Waals surface area contributed by atoms with Crippen LogP contribution in [-0.2, 0) is 4.79 Å². The fraction of sp³-hybridized carbons (Fsp3) is 0.286. The molecule has 2 aromatic rings. The van der Waals surface area contributed by atoms with Crippen molar-refractivity contribution in [2.45, 2.75) is 26.2 Å². The summed E-state index contributed by atoms with van der Waals surface area (Å²) >= 11 is 0. The average Bonchev–Trinajstić information content (AvgIpc) is 2.65. The lowest BCUT2D eigenvalue weighted by atomic mass is 9.97. The topological polar surface area (TPSA) is 47.6 Å². The second kappa shape index (κ2) is 8.92. The van der Waals surface area contributed by atoms with E-state index in [9.17, 15) is 4.79 Å². The van der Waals surface area contributed by atoms with Crippen LogP contribution in [0.4, 0.5) is 5.69 Å². The number of hydrogen-bond acceptors (Lipinski definition) is 3. The Balaban J connectivity index is 2.18. The normalized spacial score (nSPS) is 12.0. The van der Waals surface area contributed by atoms with E-state index in [4.69, 9.17) is 9.47 Å². The molecule has 0 unspecified atom stereocenters. The molecule has 1 atom stereocenters. The summed E-state index contributed by atoms with van der Waals surface area (Å²) in [5, 5.41) is 2.96. The largest absolute Gasteiger partial charge is 0.493 e. The quantitative estimate of drug-likeness (QED) is 0.732. The van der Waals surface area contributed by atoms with E-state index in [2.05, 4.69) is 25.2 Å². The second-order valence-corrected chi connectivity index (χ2v) is 5.80. The van der Waals surface area contributed by atoms with Crippen LogP contribution in [-0.4, -0.2) is 20.1 Å². The van der Waals surface area contributed by atoms with Crippen molar-refractivity contribution < 1.29 is 14.3 Å². The fourth-order valence-electron chi connectivity index (χ4n) is 2.64. The zero-order chi connectivity index (χ0) is 18.2. The molecule has 132 valence electrons. The smallest absolute Gasteiger partial charge is 0.248 e. The van der Waals surface area contributed by atoms with E-state index < -0.39 is 0 Å². The van der Waals surface area contributed by atoms with Gasteiger partial charge in [0.15, 0.2) is 11.5 Å². The third-order valence-corrected chi connectivity index (χ3v) is 4.21. The Bertz CT molecular complexity index is 753. The van der Waals surface area contributed by atoms with Crippen LogP contribution in [0.3, 0.4) is 0 Å². The van der Waals surface area contributed by atoms with Crippen LogP contribution < -0.4 is 14.8 Å². The van der Waals surface area contributed by atoms with Gasteiger partial charge in [0, 0.05) is 17.3 Å². The summed E-state index contributed by atoms with van der Waals surface area (Å²) in [7, 11) is 3.17. The van der Waals surface area contributed by atoms with Crippen LogP contribution in [0.2, 0.25) is 0 Å². The summed E-state index contributed by atoms with van der Waals surface area (Å²) in [5.41, 5.74) is 2.78. The number of carbonyl (C=O) groups excluding carboxylic acids is 1. The number of methoxy groups -OCH3 is 2. The number of rotatable bonds is 7. The van der Waals surface area contributed by atoms with Gasteiger partial charge in [-0.1, -0.05) is 44.2 Å². The number of benzene rings is 2. The molecule has 0 aromatic heterocycles. The van der Waals surface area contributed by atoms with E-state index >= 15 is 0 Å². The first kappa shape index (κ1) is 18.6. The number of anilines is 1. The Morgan fingerprint density at radius 1 is 1.12 bits per heavy atom. The van der Waals surface area contributed by atoms with E-state index in [1.807, 2.05) is 36.4 Å². The van der Waals surface area contributed by atoms with Crippen LogP contribution in [0, 0.1) is 0 Å². The van der Waals surface area contributed by atoms with Gasteiger partial charge < -0.3 is 14.8 Å². The molecule has 25 heavy (non-hydrogen) atoms. The molecule has 0 saturated heterocycles. The molecule has 0 saturated carbocycles. The van der Waals surface area contributed by atoms with E-state index in [1.54, 1.807) is 20.3 Å². The number of nitrogens with one attached hydrogen (secondary N) is 1. The van der Waals surface area contributed by atoms with Gasteiger partial charge in [0.1, 0.15) is 0 Å². The molecule has 4 heteroatoms. The molecular weight excluding hydrogens is 314 g/mol. The van der Waals surface area contributed by atoms with Crippen molar-refractivity contribution in [1.82, 2.24) is 0 Å². The van der Waals surface area contributed by atoms with Gasteiger partial charge in [0.05, 0.1) is 14.2 Å². The molecule has 0 bridgehead atoms. The van der Waals surface area contributed by atoms with E-state index in [0.29, 0.717) is 17.4 Å². The van der Waals surface area contributed by atoms with Gasteiger partial charge in [-0.25, -0.2) is 0 Å². The maximum absolute atomic E-state index is 12.3. The van der Waals surface area contributed by atoms with Gasteiger partial charge in [-0.15, -0.1) is 0 Å². The number of ether oxygens (including phenoxy) is 2. The minimum absolute atomic E-state index is 0.180. The summed E-state index contributed by atoms with van der Waals surface area (Å²) in [4.78, 5) is 12.3. The van der Waals surface area contributed by atoms with Crippen LogP contribution in [0.25, 0.3) is 6.08 Å². The lowest BCUT2D eigenvalue weighted by molar-refractivity contribution is -0.111. The highest BCUT2D eigenvalue weighted by atomic mass is 16.5. The average molecular weight is 339 g/mol. The van der Waals surface area contributed by atoms with Crippen molar-refractivity contribution in [2.24, 2.45) is 0 Å². The first-order valence-corrected chi connectivity index (χ1v) is 8.39. The van der Waals surface area contributed by atoms with Gasteiger partial charge in [0.25, 0.3) is 0 Å². The standard InChI is InChI=1S/C21H25NO3/c1-5-15(2)17-10-6-7-11-18(17)22-20(23)14-13-16-9-8-12-19(24-3)21(16)25-4/h6-15H,5H2,1-4H3,(H,22,23)/b14-13+/t15-/m0/s1. The Hall–Kier alpha value is -2.75. The predicted molar refractivity (Wildman–Crippen MR) is 102 cm³/mol. The lowest BCUT2D eigenvalue weighted by Gasteiger charge is -2.15. The summed E-state index contributed by atoms with van der Waals surface area (Å²) in [6.45, 7) is 4.29. The maximum Gasteiger partial charge on any atom is 0.248 e. The third-order valence-electron chi connectivity index (χ3n) is 4.21. The first-order chi connectivity index (χ1) is 12.1. The Morgan fingerprint density at radius 3 is 2.56 bits per heavy atom. The van der Waals surface area contributed by atoms with Gasteiger partial charge in [0.2, 0.25) is 5.91 Å². The van der Waals surface area contributed by atoms with Gasteiger partial charge in [-0.05, 0) is 36.1 Å². The van der Waals surface area contributed by atoms with Gasteiger partial charge in [-0.3, -0.25) is 4.79 Å². The van der Waals surface area contributed by atoms with Crippen LogP contribution in [0.1, 0.15) is 37.3 Å². The monoisotopic (exact) mass is 339 g/mol. The van der Waals surface area contributed by atoms with Crippen molar-refractivity contribution in [1.29, 1.82) is 0 Å². The third kappa shape index (κ3) is 4.63. The molecule has 1 N–H and O–H groups in total. The molecular formula is C21H25NO3. The van der Waals surface area contributed by atoms with Crippen molar-refractivity contribution in [2.75, 3.05) is 19.5 Å². The minimum Gasteiger partial charge on any atom is -0.493 e. The van der Waals surface area contributed by atoms with E-state index in [-0.39, 0.29) is 5.91 Å². The van der Waals surface area contributed by atoms with Crippen molar-refractivity contribution >= 4 is 17.7 Å². The Labute approximate surface area is 149 Å². The predicted octanol–water partition coefficient (Wildman–Crippen LogP) is 4.87. The minimum atomic E-state index is -0.180. The second-order valence-electron chi connectivity index (χ2n) is 5.80. The highest BCUT2D eigenvalue weighted by molar-refractivity contribution is 6.02. The fourth-order valence-corrected chi connectivity index (χ4v) is 2.64. The number of hydrogen-bond donors (Lipinski definition) is 1. The van der Waals surface area contributed by atoms with Gasteiger partial charge >= 0.3 is 0 Å². The van der Waals surface area contributed by atoms with E-state index in [0.717, 1.165) is 23.2 Å². The summed E-state index contributed by atoms with van der Waals surface area (Å²) < 4.78 is 10.6. The molecule has 0 fully saturated rings. The summed E-state index contributed by atoms with van der Waals surface area (Å²) in [6, 6.07) is 13.5. The molecule has 1 amide bonds. The molecule has 2 rings (SSSR count). The number of amides is 1. The van der Waals surface area contributed by atoms with Crippen molar-refractivity contribution in [3.63, 3.8) is 0 Å². The van der Waals surface area contributed by atoms with Crippen LogP contribution in [0.5, 0.6) is 11.5 Å². The molecule has 0 radical (unpaired) electrons.